The van der Waals surface area contributed by atoms with Gasteiger partial charge in [0, 0.05) is 12.6 Å². The van der Waals surface area contributed by atoms with E-state index in [0.29, 0.717) is 0 Å². The van der Waals surface area contributed by atoms with Gasteiger partial charge in [0.25, 0.3) is 0 Å². The van der Waals surface area contributed by atoms with Crippen molar-refractivity contribution in [1.82, 2.24) is 5.32 Å². The van der Waals surface area contributed by atoms with Crippen LogP contribution in [0.15, 0.2) is 18.2 Å². The van der Waals surface area contributed by atoms with Crippen molar-refractivity contribution in [3.05, 3.63) is 23.8 Å². The Kier molecular flexibility index (Phi) is 4.48. The van der Waals surface area contributed by atoms with E-state index in [1.807, 2.05) is 6.07 Å². The topological polar surface area (TPSA) is 41.5 Å². The highest BCUT2D eigenvalue weighted by Gasteiger charge is 2.19. The fraction of sp³-hybridized carbons (Fsp3) is 0.600. The Morgan fingerprint density at radius 3 is 3.06 bits per heavy atom. The van der Waals surface area contributed by atoms with E-state index in [1.165, 1.54) is 12.0 Å². The lowest BCUT2D eigenvalue weighted by Gasteiger charge is -2.26. The molecule has 2 N–H and O–H groups in total. The van der Waals surface area contributed by atoms with Gasteiger partial charge in [0.1, 0.15) is 17.6 Å². The van der Waals surface area contributed by atoms with E-state index in [-0.39, 0.29) is 11.9 Å². The number of nitrogens with one attached hydrogen (secondary N) is 1. The molecule has 1 heterocycles. The summed E-state index contributed by atoms with van der Waals surface area (Å²) < 4.78 is 5.90. The van der Waals surface area contributed by atoms with E-state index in [0.717, 1.165) is 37.6 Å². The van der Waals surface area contributed by atoms with Crippen LogP contribution in [0.2, 0.25) is 0 Å². The molecule has 0 fully saturated rings. The Morgan fingerprint density at radius 2 is 2.28 bits per heavy atom. The smallest absolute Gasteiger partial charge is 0.126 e. The van der Waals surface area contributed by atoms with Crippen molar-refractivity contribution in [2.45, 2.75) is 39.2 Å². The highest BCUT2D eigenvalue weighted by atomic mass is 16.5. The lowest BCUT2D eigenvalue weighted by atomic mass is 10.0. The lowest BCUT2D eigenvalue weighted by molar-refractivity contribution is 0.169. The maximum Gasteiger partial charge on any atom is 0.126 e. The zero-order chi connectivity index (χ0) is 13.0. The molecule has 0 amide bonds. The summed E-state index contributed by atoms with van der Waals surface area (Å²) in [6.07, 6.45) is 3.51. The molecule has 3 nitrogen and oxygen atoms in total. The summed E-state index contributed by atoms with van der Waals surface area (Å²) in [5.74, 6) is 1.86. The maximum absolute atomic E-state index is 9.45. The third-order valence-corrected chi connectivity index (χ3v) is 3.35. The van der Waals surface area contributed by atoms with Crippen molar-refractivity contribution in [2.24, 2.45) is 5.92 Å². The number of phenolic OH excluding ortho intramolecular Hbond substituents is 1. The van der Waals surface area contributed by atoms with Crippen LogP contribution in [0, 0.1) is 5.92 Å². The first kappa shape index (κ1) is 13.2. The van der Waals surface area contributed by atoms with Crippen LogP contribution in [0.3, 0.4) is 0 Å². The van der Waals surface area contributed by atoms with Crippen LogP contribution in [0.5, 0.6) is 11.5 Å². The Bertz CT molecular complexity index is 390. The number of fused-ring (bicyclic) bond motifs is 1. The molecular weight excluding hydrogens is 226 g/mol. The van der Waals surface area contributed by atoms with E-state index in [1.54, 1.807) is 12.1 Å². The number of benzene rings is 1. The average Bonchev–Trinajstić information content (AvgIpc) is 2.34. The monoisotopic (exact) mass is 249 g/mol. The SMILES string of the molecule is CC(C)CCNC[C@H]1CCc2ccc(O)cc2O1. The Labute approximate surface area is 109 Å². The molecule has 0 unspecified atom stereocenters. The number of rotatable bonds is 5. The van der Waals surface area contributed by atoms with Gasteiger partial charge in [0.05, 0.1) is 0 Å². The zero-order valence-corrected chi connectivity index (χ0v) is 11.3. The second-order valence-corrected chi connectivity index (χ2v) is 5.46. The number of hydrogen-bond donors (Lipinski definition) is 2. The van der Waals surface area contributed by atoms with Gasteiger partial charge in [-0.15, -0.1) is 0 Å². The molecule has 0 saturated heterocycles. The largest absolute Gasteiger partial charge is 0.508 e. The van der Waals surface area contributed by atoms with Crippen molar-refractivity contribution in [2.75, 3.05) is 13.1 Å². The number of phenols is 1. The molecule has 100 valence electrons. The highest BCUT2D eigenvalue weighted by molar-refractivity contribution is 5.41. The molecular formula is C15H23NO2. The first-order chi connectivity index (χ1) is 8.65. The van der Waals surface area contributed by atoms with Crippen molar-refractivity contribution in [3.8, 4) is 11.5 Å². The van der Waals surface area contributed by atoms with Gasteiger partial charge in [-0.2, -0.15) is 0 Å². The van der Waals surface area contributed by atoms with Crippen LogP contribution in [0.1, 0.15) is 32.3 Å². The van der Waals surface area contributed by atoms with Gasteiger partial charge in [0.2, 0.25) is 0 Å². The summed E-state index contributed by atoms with van der Waals surface area (Å²) in [4.78, 5) is 0. The van der Waals surface area contributed by atoms with Crippen LogP contribution >= 0.6 is 0 Å². The molecule has 0 aliphatic carbocycles. The molecule has 18 heavy (non-hydrogen) atoms. The fourth-order valence-electron chi connectivity index (χ4n) is 2.21. The molecule has 0 spiro atoms. The lowest BCUT2D eigenvalue weighted by Crippen LogP contribution is -2.34. The zero-order valence-electron chi connectivity index (χ0n) is 11.3. The molecule has 0 bridgehead atoms. The molecule has 0 saturated carbocycles. The molecule has 1 aromatic carbocycles. The van der Waals surface area contributed by atoms with Crippen molar-refractivity contribution >= 4 is 0 Å². The van der Waals surface area contributed by atoms with Crippen LogP contribution in [-0.2, 0) is 6.42 Å². The van der Waals surface area contributed by atoms with Gasteiger partial charge in [-0.05, 0) is 43.4 Å². The minimum Gasteiger partial charge on any atom is -0.508 e. The van der Waals surface area contributed by atoms with E-state index in [9.17, 15) is 5.11 Å². The minimum absolute atomic E-state index is 0.228. The van der Waals surface area contributed by atoms with Crippen LogP contribution < -0.4 is 10.1 Å². The van der Waals surface area contributed by atoms with Gasteiger partial charge in [0.15, 0.2) is 0 Å². The van der Waals surface area contributed by atoms with Crippen LogP contribution in [-0.4, -0.2) is 24.3 Å². The summed E-state index contributed by atoms with van der Waals surface area (Å²) in [7, 11) is 0. The van der Waals surface area contributed by atoms with Gasteiger partial charge in [-0.25, -0.2) is 0 Å². The Morgan fingerprint density at radius 1 is 1.44 bits per heavy atom. The second-order valence-electron chi connectivity index (χ2n) is 5.46. The summed E-state index contributed by atoms with van der Waals surface area (Å²) in [5.41, 5.74) is 1.20. The number of hydrogen-bond acceptors (Lipinski definition) is 3. The fourth-order valence-corrected chi connectivity index (χ4v) is 2.21. The standard InChI is InChI=1S/C15H23NO2/c1-11(2)7-8-16-10-14-6-4-12-3-5-13(17)9-15(12)18-14/h3,5,9,11,14,16-17H,4,6-8,10H2,1-2H3/t14-/m1/s1. The van der Waals surface area contributed by atoms with E-state index in [4.69, 9.17) is 4.74 Å². The van der Waals surface area contributed by atoms with Crippen molar-refractivity contribution in [3.63, 3.8) is 0 Å². The average molecular weight is 249 g/mol. The Hall–Kier alpha value is -1.22. The number of aromatic hydroxyl groups is 1. The van der Waals surface area contributed by atoms with Gasteiger partial charge < -0.3 is 15.2 Å². The molecule has 0 aromatic heterocycles. The minimum atomic E-state index is 0.228. The van der Waals surface area contributed by atoms with Crippen molar-refractivity contribution < 1.29 is 9.84 Å². The third-order valence-electron chi connectivity index (χ3n) is 3.35. The summed E-state index contributed by atoms with van der Waals surface area (Å²) in [5, 5.41) is 12.9. The van der Waals surface area contributed by atoms with E-state index >= 15 is 0 Å². The maximum atomic E-state index is 9.45. The second kappa shape index (κ2) is 6.10. The van der Waals surface area contributed by atoms with Gasteiger partial charge in [-0.3, -0.25) is 0 Å². The number of ether oxygens (including phenoxy) is 1. The quantitative estimate of drug-likeness (QED) is 0.788. The molecule has 1 aromatic rings. The molecule has 2 rings (SSSR count). The van der Waals surface area contributed by atoms with Gasteiger partial charge >= 0.3 is 0 Å². The molecule has 1 aliphatic heterocycles. The predicted molar refractivity (Wildman–Crippen MR) is 73.2 cm³/mol. The van der Waals surface area contributed by atoms with Crippen LogP contribution in [0.4, 0.5) is 0 Å². The molecule has 1 atom stereocenters. The van der Waals surface area contributed by atoms with Crippen LogP contribution in [0.25, 0.3) is 0 Å². The normalized spacial score (nSPS) is 18.5. The van der Waals surface area contributed by atoms with E-state index in [2.05, 4.69) is 19.2 Å². The van der Waals surface area contributed by atoms with Crippen molar-refractivity contribution in [1.29, 1.82) is 0 Å². The van der Waals surface area contributed by atoms with Gasteiger partial charge in [-0.1, -0.05) is 19.9 Å². The molecule has 3 heteroatoms. The third kappa shape index (κ3) is 3.64. The first-order valence-electron chi connectivity index (χ1n) is 6.84. The summed E-state index contributed by atoms with van der Waals surface area (Å²) in [6.45, 7) is 6.40. The highest BCUT2D eigenvalue weighted by Crippen LogP contribution is 2.30. The Balaban J connectivity index is 1.80. The first-order valence-corrected chi connectivity index (χ1v) is 6.84. The predicted octanol–water partition coefficient (Wildman–Crippen LogP) is 2.72. The summed E-state index contributed by atoms with van der Waals surface area (Å²) >= 11 is 0. The van der Waals surface area contributed by atoms with E-state index < -0.39 is 0 Å². The molecule has 0 radical (unpaired) electrons. The summed E-state index contributed by atoms with van der Waals surface area (Å²) in [6, 6.07) is 5.39. The number of aryl methyl sites for hydroxylation is 1. The molecule has 1 aliphatic rings.